The number of aromatic nitrogens is 2. The zero-order valence-electron chi connectivity index (χ0n) is 10.9. The van der Waals surface area contributed by atoms with E-state index >= 15 is 0 Å². The van der Waals surface area contributed by atoms with Gasteiger partial charge in [-0.2, -0.15) is 0 Å². The van der Waals surface area contributed by atoms with Crippen molar-refractivity contribution < 1.29 is 0 Å². The average molecular weight is 269 g/mol. The lowest BCUT2D eigenvalue weighted by Crippen LogP contribution is -2.46. The first-order valence-corrected chi connectivity index (χ1v) is 7.14. The van der Waals surface area contributed by atoms with E-state index in [4.69, 9.17) is 11.6 Å². The molecule has 5 heteroatoms. The highest BCUT2D eigenvalue weighted by molar-refractivity contribution is 6.30. The van der Waals surface area contributed by atoms with Crippen LogP contribution in [0.5, 0.6) is 0 Å². The number of anilines is 1. The van der Waals surface area contributed by atoms with E-state index in [2.05, 4.69) is 27.1 Å². The van der Waals surface area contributed by atoms with Crippen LogP contribution in [0.15, 0.2) is 12.4 Å². The standard InChI is InChI=1S/C13H21ClN4/c1-2-6-15-10-12-5-3-4-7-18(12)13-16-8-11(14)9-17-13/h8-9,12,15H,2-7,10H2,1H3. The smallest absolute Gasteiger partial charge is 0.225 e. The third kappa shape index (κ3) is 3.56. The second-order valence-corrected chi connectivity index (χ2v) is 5.18. The molecule has 1 aliphatic rings. The maximum Gasteiger partial charge on any atom is 0.225 e. The third-order valence-corrected chi connectivity index (χ3v) is 3.49. The summed E-state index contributed by atoms with van der Waals surface area (Å²) in [5.41, 5.74) is 0. The van der Waals surface area contributed by atoms with E-state index in [0.29, 0.717) is 11.1 Å². The van der Waals surface area contributed by atoms with Gasteiger partial charge in [-0.3, -0.25) is 0 Å². The first-order valence-electron chi connectivity index (χ1n) is 6.76. The molecule has 1 unspecified atom stereocenters. The molecule has 0 amide bonds. The van der Waals surface area contributed by atoms with Crippen molar-refractivity contribution in [2.45, 2.75) is 38.6 Å². The van der Waals surface area contributed by atoms with Gasteiger partial charge in [0.15, 0.2) is 0 Å². The van der Waals surface area contributed by atoms with Crippen LogP contribution in [0.3, 0.4) is 0 Å². The average Bonchev–Trinajstić information content (AvgIpc) is 2.41. The second-order valence-electron chi connectivity index (χ2n) is 4.75. The van der Waals surface area contributed by atoms with Crippen LogP contribution < -0.4 is 10.2 Å². The zero-order valence-corrected chi connectivity index (χ0v) is 11.7. The predicted molar refractivity (Wildman–Crippen MR) is 75.2 cm³/mol. The van der Waals surface area contributed by atoms with Crippen molar-refractivity contribution in [3.63, 3.8) is 0 Å². The summed E-state index contributed by atoms with van der Waals surface area (Å²) in [4.78, 5) is 11.0. The molecular weight excluding hydrogens is 248 g/mol. The molecule has 4 nitrogen and oxygen atoms in total. The molecule has 1 aromatic heterocycles. The van der Waals surface area contributed by atoms with Gasteiger partial charge in [0.2, 0.25) is 5.95 Å². The van der Waals surface area contributed by atoms with Crippen LogP contribution in [-0.2, 0) is 0 Å². The third-order valence-electron chi connectivity index (χ3n) is 3.30. The number of halogens is 1. The summed E-state index contributed by atoms with van der Waals surface area (Å²) in [6.07, 6.45) is 8.25. The van der Waals surface area contributed by atoms with Crippen LogP contribution in [0.1, 0.15) is 32.6 Å². The Morgan fingerprint density at radius 1 is 1.39 bits per heavy atom. The van der Waals surface area contributed by atoms with Crippen LogP contribution in [0.2, 0.25) is 5.02 Å². The number of piperidine rings is 1. The van der Waals surface area contributed by atoms with Gasteiger partial charge in [0.05, 0.1) is 17.4 Å². The van der Waals surface area contributed by atoms with E-state index in [1.807, 2.05) is 0 Å². The highest BCUT2D eigenvalue weighted by Gasteiger charge is 2.23. The molecule has 2 rings (SSSR count). The fourth-order valence-corrected chi connectivity index (χ4v) is 2.47. The highest BCUT2D eigenvalue weighted by Crippen LogP contribution is 2.21. The first-order chi connectivity index (χ1) is 8.81. The molecule has 2 heterocycles. The molecule has 18 heavy (non-hydrogen) atoms. The Kier molecular flexibility index (Phi) is 5.20. The fraction of sp³-hybridized carbons (Fsp3) is 0.692. The van der Waals surface area contributed by atoms with E-state index in [1.54, 1.807) is 12.4 Å². The van der Waals surface area contributed by atoms with Crippen LogP contribution in [0.25, 0.3) is 0 Å². The first kappa shape index (κ1) is 13.6. The van der Waals surface area contributed by atoms with Gasteiger partial charge in [-0.15, -0.1) is 0 Å². The monoisotopic (exact) mass is 268 g/mol. The van der Waals surface area contributed by atoms with Crippen molar-refractivity contribution in [3.05, 3.63) is 17.4 Å². The van der Waals surface area contributed by atoms with Gasteiger partial charge in [-0.25, -0.2) is 9.97 Å². The van der Waals surface area contributed by atoms with Crippen molar-refractivity contribution in [1.29, 1.82) is 0 Å². The quantitative estimate of drug-likeness (QED) is 0.833. The maximum absolute atomic E-state index is 5.83. The van der Waals surface area contributed by atoms with Gasteiger partial charge in [-0.05, 0) is 32.2 Å². The van der Waals surface area contributed by atoms with Gasteiger partial charge < -0.3 is 10.2 Å². The van der Waals surface area contributed by atoms with Crippen molar-refractivity contribution >= 4 is 17.5 Å². The fourth-order valence-electron chi connectivity index (χ4n) is 2.38. The Labute approximate surface area is 114 Å². The molecule has 1 aliphatic heterocycles. The minimum atomic E-state index is 0.506. The van der Waals surface area contributed by atoms with E-state index in [1.165, 1.54) is 25.7 Å². The Hall–Kier alpha value is -0.870. The van der Waals surface area contributed by atoms with E-state index in [9.17, 15) is 0 Å². The number of hydrogen-bond donors (Lipinski definition) is 1. The Morgan fingerprint density at radius 2 is 2.17 bits per heavy atom. The molecule has 0 spiro atoms. The molecule has 0 aliphatic carbocycles. The molecule has 0 saturated carbocycles. The van der Waals surface area contributed by atoms with Crippen molar-refractivity contribution in [2.75, 3.05) is 24.5 Å². The van der Waals surface area contributed by atoms with Crippen molar-refractivity contribution in [3.8, 4) is 0 Å². The molecule has 0 bridgehead atoms. The normalized spacial score (nSPS) is 20.1. The molecule has 1 saturated heterocycles. The Balaban J connectivity index is 2.00. The molecule has 100 valence electrons. The summed E-state index contributed by atoms with van der Waals surface area (Å²) >= 11 is 5.83. The summed E-state index contributed by atoms with van der Waals surface area (Å²) < 4.78 is 0. The second kappa shape index (κ2) is 6.90. The minimum absolute atomic E-state index is 0.506. The lowest BCUT2D eigenvalue weighted by Gasteiger charge is -2.35. The number of rotatable bonds is 5. The van der Waals surface area contributed by atoms with E-state index < -0.39 is 0 Å². The van der Waals surface area contributed by atoms with Crippen molar-refractivity contribution in [2.24, 2.45) is 0 Å². The van der Waals surface area contributed by atoms with Gasteiger partial charge in [0, 0.05) is 19.1 Å². The SMILES string of the molecule is CCCNCC1CCCCN1c1ncc(Cl)cn1. The summed E-state index contributed by atoms with van der Waals surface area (Å²) in [6, 6.07) is 0.506. The van der Waals surface area contributed by atoms with Crippen LogP contribution in [-0.4, -0.2) is 35.6 Å². The number of nitrogens with one attached hydrogen (secondary N) is 1. The number of nitrogens with zero attached hydrogens (tertiary/aromatic N) is 3. The maximum atomic E-state index is 5.83. The highest BCUT2D eigenvalue weighted by atomic mass is 35.5. The molecule has 1 aromatic rings. The van der Waals surface area contributed by atoms with Gasteiger partial charge in [0.1, 0.15) is 0 Å². The van der Waals surface area contributed by atoms with Crippen molar-refractivity contribution in [1.82, 2.24) is 15.3 Å². The lowest BCUT2D eigenvalue weighted by molar-refractivity contribution is 0.430. The molecule has 1 atom stereocenters. The largest absolute Gasteiger partial charge is 0.337 e. The lowest BCUT2D eigenvalue weighted by atomic mass is 10.0. The van der Waals surface area contributed by atoms with Gasteiger partial charge >= 0.3 is 0 Å². The van der Waals surface area contributed by atoms with Gasteiger partial charge in [-0.1, -0.05) is 18.5 Å². The van der Waals surface area contributed by atoms with Crippen LogP contribution >= 0.6 is 11.6 Å². The Bertz CT molecular complexity index is 355. The summed E-state index contributed by atoms with van der Waals surface area (Å²) in [5, 5.41) is 4.09. The molecule has 0 aromatic carbocycles. The summed E-state index contributed by atoms with van der Waals surface area (Å²) in [7, 11) is 0. The predicted octanol–water partition coefficient (Wildman–Crippen LogP) is 2.49. The minimum Gasteiger partial charge on any atom is -0.337 e. The molecule has 1 fully saturated rings. The van der Waals surface area contributed by atoms with E-state index in [0.717, 1.165) is 25.6 Å². The summed E-state index contributed by atoms with van der Waals surface area (Å²) in [6.45, 7) is 5.32. The molecular formula is C13H21ClN4. The van der Waals surface area contributed by atoms with E-state index in [-0.39, 0.29) is 0 Å². The molecule has 0 radical (unpaired) electrons. The van der Waals surface area contributed by atoms with Gasteiger partial charge in [0.25, 0.3) is 0 Å². The molecule has 1 N–H and O–H groups in total. The topological polar surface area (TPSA) is 41.0 Å². The number of hydrogen-bond acceptors (Lipinski definition) is 4. The zero-order chi connectivity index (χ0) is 12.8. The summed E-state index contributed by atoms with van der Waals surface area (Å²) in [5.74, 6) is 0.808. The van der Waals surface area contributed by atoms with Crippen LogP contribution in [0, 0.1) is 0 Å². The van der Waals surface area contributed by atoms with Crippen LogP contribution in [0.4, 0.5) is 5.95 Å². The Morgan fingerprint density at radius 3 is 2.89 bits per heavy atom.